The summed E-state index contributed by atoms with van der Waals surface area (Å²) in [5.74, 6) is 0.428. The maximum Gasteiger partial charge on any atom is 0.292 e. The van der Waals surface area contributed by atoms with Crippen molar-refractivity contribution in [1.29, 1.82) is 0 Å². The number of nitrogens with two attached hydrogens (primary N) is 1. The third-order valence-electron chi connectivity index (χ3n) is 2.95. The van der Waals surface area contributed by atoms with E-state index in [4.69, 9.17) is 10.5 Å². The molecule has 0 aliphatic carbocycles. The summed E-state index contributed by atoms with van der Waals surface area (Å²) in [4.78, 5) is 12.1. The molecule has 0 saturated carbocycles. The molecular weight excluding hydrogens is 228 g/mol. The van der Waals surface area contributed by atoms with Crippen LogP contribution in [0, 0.1) is 0 Å². The molecule has 0 aliphatic rings. The molecule has 4 nitrogen and oxygen atoms in total. The number of rotatable bonds is 8. The van der Waals surface area contributed by atoms with Crippen LogP contribution in [-0.2, 0) is 6.54 Å². The maximum absolute atomic E-state index is 12.1. The zero-order valence-corrected chi connectivity index (χ0v) is 11.4. The van der Waals surface area contributed by atoms with Crippen LogP contribution in [0.5, 0.6) is 5.75 Å². The summed E-state index contributed by atoms with van der Waals surface area (Å²) in [6.07, 6.45) is 5.87. The molecule has 0 spiro atoms. The van der Waals surface area contributed by atoms with Crippen LogP contribution >= 0.6 is 0 Å². The molecule has 0 bridgehead atoms. The Hall–Kier alpha value is -1.29. The van der Waals surface area contributed by atoms with Gasteiger partial charge in [-0.1, -0.05) is 26.7 Å². The molecule has 1 rings (SSSR count). The molecule has 2 N–H and O–H groups in total. The van der Waals surface area contributed by atoms with E-state index < -0.39 is 0 Å². The molecule has 4 heteroatoms. The Balaban J connectivity index is 2.64. The minimum Gasteiger partial charge on any atom is -0.488 e. The first-order valence-corrected chi connectivity index (χ1v) is 6.76. The zero-order chi connectivity index (χ0) is 13.4. The van der Waals surface area contributed by atoms with Crippen LogP contribution in [0.2, 0.25) is 0 Å². The minimum absolute atomic E-state index is 0.0121. The SMILES string of the molecule is CCCCCOc1cccn(CC(N)CC)c1=O. The van der Waals surface area contributed by atoms with Crippen molar-refractivity contribution < 1.29 is 4.74 Å². The fourth-order valence-electron chi connectivity index (χ4n) is 1.68. The standard InChI is InChI=1S/C14H24N2O2/c1-3-5-6-10-18-13-8-7-9-16(14(13)17)11-12(15)4-2/h7-9,12H,3-6,10-11,15H2,1-2H3. The van der Waals surface area contributed by atoms with E-state index in [1.54, 1.807) is 16.8 Å². The Kier molecular flexibility index (Phi) is 6.50. The molecule has 0 amide bonds. The first kappa shape index (κ1) is 14.8. The van der Waals surface area contributed by atoms with Gasteiger partial charge in [-0.2, -0.15) is 0 Å². The second-order valence-electron chi connectivity index (χ2n) is 4.55. The number of nitrogens with zero attached hydrogens (tertiary/aromatic N) is 1. The molecule has 0 fully saturated rings. The van der Waals surface area contributed by atoms with Crippen LogP contribution in [0.4, 0.5) is 0 Å². The summed E-state index contributed by atoms with van der Waals surface area (Å²) >= 11 is 0. The van der Waals surface area contributed by atoms with Crippen LogP contribution in [0.1, 0.15) is 39.5 Å². The smallest absolute Gasteiger partial charge is 0.292 e. The van der Waals surface area contributed by atoms with Crippen molar-refractivity contribution in [2.75, 3.05) is 6.61 Å². The average Bonchev–Trinajstić information content (AvgIpc) is 2.38. The van der Waals surface area contributed by atoms with Gasteiger partial charge in [-0.3, -0.25) is 4.79 Å². The third kappa shape index (κ3) is 4.53. The van der Waals surface area contributed by atoms with Crippen molar-refractivity contribution in [2.24, 2.45) is 5.73 Å². The van der Waals surface area contributed by atoms with Gasteiger partial charge in [-0.05, 0) is 25.0 Å². The summed E-state index contributed by atoms with van der Waals surface area (Å²) in [7, 11) is 0. The second-order valence-corrected chi connectivity index (χ2v) is 4.55. The zero-order valence-electron chi connectivity index (χ0n) is 11.4. The van der Waals surface area contributed by atoms with Crippen molar-refractivity contribution in [2.45, 2.75) is 52.1 Å². The molecule has 1 heterocycles. The van der Waals surface area contributed by atoms with E-state index in [0.29, 0.717) is 18.9 Å². The molecule has 0 saturated heterocycles. The number of ether oxygens (including phenoxy) is 1. The highest BCUT2D eigenvalue weighted by atomic mass is 16.5. The van der Waals surface area contributed by atoms with Gasteiger partial charge in [0, 0.05) is 18.8 Å². The summed E-state index contributed by atoms with van der Waals surface area (Å²) < 4.78 is 7.15. The van der Waals surface area contributed by atoms with Crippen LogP contribution in [0.3, 0.4) is 0 Å². The van der Waals surface area contributed by atoms with Crippen molar-refractivity contribution in [1.82, 2.24) is 4.57 Å². The Bertz CT molecular complexity index is 401. The lowest BCUT2D eigenvalue weighted by atomic mass is 10.2. The highest BCUT2D eigenvalue weighted by molar-refractivity contribution is 5.17. The minimum atomic E-state index is -0.0853. The van der Waals surface area contributed by atoms with Crippen molar-refractivity contribution >= 4 is 0 Å². The molecule has 1 aromatic heterocycles. The highest BCUT2D eigenvalue weighted by Gasteiger charge is 2.06. The van der Waals surface area contributed by atoms with Crippen LogP contribution in [0.25, 0.3) is 0 Å². The monoisotopic (exact) mass is 252 g/mol. The largest absolute Gasteiger partial charge is 0.488 e. The third-order valence-corrected chi connectivity index (χ3v) is 2.95. The van der Waals surface area contributed by atoms with E-state index in [1.165, 1.54) is 0 Å². The molecule has 1 atom stereocenters. The van der Waals surface area contributed by atoms with Crippen LogP contribution < -0.4 is 16.0 Å². The molecule has 1 aromatic rings. The van der Waals surface area contributed by atoms with Gasteiger partial charge in [-0.15, -0.1) is 0 Å². The summed E-state index contributed by atoms with van der Waals surface area (Å²) in [5.41, 5.74) is 5.78. The Labute approximate surface area is 109 Å². The Morgan fingerprint density at radius 3 is 2.83 bits per heavy atom. The number of hydrogen-bond donors (Lipinski definition) is 1. The quantitative estimate of drug-likeness (QED) is 0.721. The van der Waals surface area contributed by atoms with Gasteiger partial charge in [0.05, 0.1) is 6.61 Å². The highest BCUT2D eigenvalue weighted by Crippen LogP contribution is 2.04. The van der Waals surface area contributed by atoms with E-state index in [2.05, 4.69) is 6.92 Å². The molecule has 102 valence electrons. The summed E-state index contributed by atoms with van der Waals surface area (Å²) in [5, 5.41) is 0. The van der Waals surface area contributed by atoms with E-state index in [9.17, 15) is 4.79 Å². The van der Waals surface area contributed by atoms with E-state index in [-0.39, 0.29) is 11.6 Å². The summed E-state index contributed by atoms with van der Waals surface area (Å²) in [6.45, 7) is 5.30. The lowest BCUT2D eigenvalue weighted by Gasteiger charge is -2.12. The lowest BCUT2D eigenvalue weighted by molar-refractivity contribution is 0.299. The number of unbranched alkanes of at least 4 members (excludes halogenated alkanes) is 2. The maximum atomic E-state index is 12.1. The molecule has 1 unspecified atom stereocenters. The average molecular weight is 252 g/mol. The predicted octanol–water partition coefficient (Wildman–Crippen LogP) is 2.15. The fraction of sp³-hybridized carbons (Fsp3) is 0.643. The van der Waals surface area contributed by atoms with Crippen molar-refractivity contribution in [3.8, 4) is 5.75 Å². The number of aromatic nitrogens is 1. The summed E-state index contributed by atoms with van der Waals surface area (Å²) in [6, 6.07) is 3.57. The first-order valence-electron chi connectivity index (χ1n) is 6.76. The van der Waals surface area contributed by atoms with Gasteiger partial charge >= 0.3 is 0 Å². The van der Waals surface area contributed by atoms with Gasteiger partial charge in [0.1, 0.15) is 0 Å². The van der Waals surface area contributed by atoms with Gasteiger partial charge in [0.25, 0.3) is 5.56 Å². The van der Waals surface area contributed by atoms with E-state index >= 15 is 0 Å². The van der Waals surface area contributed by atoms with Gasteiger partial charge in [0.15, 0.2) is 5.75 Å². The first-order chi connectivity index (χ1) is 8.69. The lowest BCUT2D eigenvalue weighted by Crippen LogP contribution is -2.31. The number of pyridine rings is 1. The molecule has 18 heavy (non-hydrogen) atoms. The van der Waals surface area contributed by atoms with Gasteiger partial charge in [0.2, 0.25) is 0 Å². The van der Waals surface area contributed by atoms with Crippen molar-refractivity contribution in [3.63, 3.8) is 0 Å². The molecule has 0 aliphatic heterocycles. The van der Waals surface area contributed by atoms with E-state index in [0.717, 1.165) is 25.7 Å². The Morgan fingerprint density at radius 2 is 2.17 bits per heavy atom. The van der Waals surface area contributed by atoms with Gasteiger partial charge < -0.3 is 15.0 Å². The van der Waals surface area contributed by atoms with Gasteiger partial charge in [-0.25, -0.2) is 0 Å². The molecule has 0 radical (unpaired) electrons. The topological polar surface area (TPSA) is 57.2 Å². The van der Waals surface area contributed by atoms with Crippen LogP contribution in [0.15, 0.2) is 23.1 Å². The fourth-order valence-corrected chi connectivity index (χ4v) is 1.68. The Morgan fingerprint density at radius 1 is 1.39 bits per heavy atom. The second kappa shape index (κ2) is 7.93. The molecular formula is C14H24N2O2. The number of hydrogen-bond acceptors (Lipinski definition) is 3. The normalized spacial score (nSPS) is 12.4. The van der Waals surface area contributed by atoms with Crippen LogP contribution in [-0.4, -0.2) is 17.2 Å². The predicted molar refractivity (Wildman–Crippen MR) is 74.0 cm³/mol. The van der Waals surface area contributed by atoms with Crippen molar-refractivity contribution in [3.05, 3.63) is 28.7 Å². The van der Waals surface area contributed by atoms with E-state index in [1.807, 2.05) is 13.0 Å². The molecule has 0 aromatic carbocycles.